The summed E-state index contributed by atoms with van der Waals surface area (Å²) in [4.78, 5) is 0.425. The monoisotopic (exact) mass is 298 g/mol. The summed E-state index contributed by atoms with van der Waals surface area (Å²) in [6.07, 6.45) is 9.22. The summed E-state index contributed by atoms with van der Waals surface area (Å²) in [5, 5.41) is 9.22. The fraction of sp³-hybridized carbons (Fsp3) is 0.600. The molecular weight excluding hydrogens is 276 g/mol. The Morgan fingerprint density at radius 3 is 2.24 bits per heavy atom. The van der Waals surface area contributed by atoms with E-state index in [4.69, 9.17) is 0 Å². The molecule has 0 heterocycles. The van der Waals surface area contributed by atoms with Gasteiger partial charge in [0.15, 0.2) is 0 Å². The van der Waals surface area contributed by atoms with Gasteiger partial charge < -0.3 is 5.11 Å². The number of alkyl halides is 1. The summed E-state index contributed by atoms with van der Waals surface area (Å²) in [6.45, 7) is 2.25. The molecule has 0 fully saturated rings. The predicted molar refractivity (Wildman–Crippen MR) is 77.8 cm³/mol. The SMILES string of the molecule is CCCCCCCCC(Br)c1ccc(O)cc1. The molecule has 1 aromatic carbocycles. The average molecular weight is 299 g/mol. The van der Waals surface area contributed by atoms with Crippen LogP contribution in [0.4, 0.5) is 0 Å². The molecule has 1 unspecified atom stereocenters. The lowest BCUT2D eigenvalue weighted by Gasteiger charge is -2.10. The molecular formula is C15H23BrO. The number of halogens is 1. The van der Waals surface area contributed by atoms with Gasteiger partial charge in [-0.1, -0.05) is 73.5 Å². The van der Waals surface area contributed by atoms with Crippen LogP contribution in [0.2, 0.25) is 0 Å². The van der Waals surface area contributed by atoms with Crippen LogP contribution in [-0.2, 0) is 0 Å². The van der Waals surface area contributed by atoms with Crippen LogP contribution in [0.5, 0.6) is 5.75 Å². The molecule has 0 aliphatic rings. The summed E-state index contributed by atoms with van der Waals surface area (Å²) < 4.78 is 0. The van der Waals surface area contributed by atoms with Gasteiger partial charge in [0.1, 0.15) is 5.75 Å². The third kappa shape index (κ3) is 6.11. The Morgan fingerprint density at radius 2 is 1.59 bits per heavy atom. The first kappa shape index (κ1) is 14.6. The second-order valence-corrected chi connectivity index (χ2v) is 5.72. The lowest BCUT2D eigenvalue weighted by atomic mass is 10.0. The second kappa shape index (κ2) is 8.57. The molecule has 2 heteroatoms. The van der Waals surface area contributed by atoms with Crippen molar-refractivity contribution in [1.82, 2.24) is 0 Å². The first-order valence-electron chi connectivity index (χ1n) is 6.67. The molecule has 17 heavy (non-hydrogen) atoms. The third-order valence-electron chi connectivity index (χ3n) is 3.07. The van der Waals surface area contributed by atoms with E-state index in [0.717, 1.165) is 0 Å². The molecule has 96 valence electrons. The van der Waals surface area contributed by atoms with Crippen molar-refractivity contribution >= 4 is 15.9 Å². The molecule has 1 rings (SSSR count). The minimum atomic E-state index is 0.341. The molecule has 0 saturated carbocycles. The molecule has 0 radical (unpaired) electrons. The summed E-state index contributed by atoms with van der Waals surface area (Å²) >= 11 is 3.71. The highest BCUT2D eigenvalue weighted by Crippen LogP contribution is 2.29. The Labute approximate surface area is 113 Å². The Hall–Kier alpha value is -0.500. The van der Waals surface area contributed by atoms with E-state index in [0.29, 0.717) is 10.6 Å². The van der Waals surface area contributed by atoms with Crippen molar-refractivity contribution in [3.63, 3.8) is 0 Å². The van der Waals surface area contributed by atoms with E-state index < -0.39 is 0 Å². The fourth-order valence-corrected chi connectivity index (χ4v) is 2.58. The Morgan fingerprint density at radius 1 is 1.00 bits per heavy atom. The van der Waals surface area contributed by atoms with Crippen LogP contribution in [0.25, 0.3) is 0 Å². The van der Waals surface area contributed by atoms with E-state index in [1.165, 1.54) is 50.5 Å². The van der Waals surface area contributed by atoms with Gasteiger partial charge in [0.05, 0.1) is 0 Å². The Bertz CT molecular complexity index is 294. The number of phenols is 1. The quantitative estimate of drug-likeness (QED) is 0.491. The molecule has 0 bridgehead atoms. The van der Waals surface area contributed by atoms with E-state index in [1.807, 2.05) is 12.1 Å². The molecule has 1 N–H and O–H groups in total. The zero-order valence-electron chi connectivity index (χ0n) is 10.7. The van der Waals surface area contributed by atoms with Gasteiger partial charge in [0.25, 0.3) is 0 Å². The highest BCUT2D eigenvalue weighted by Gasteiger charge is 2.06. The lowest BCUT2D eigenvalue weighted by molar-refractivity contribution is 0.475. The van der Waals surface area contributed by atoms with E-state index >= 15 is 0 Å². The normalized spacial score (nSPS) is 12.6. The maximum Gasteiger partial charge on any atom is 0.115 e. The van der Waals surface area contributed by atoms with Crippen molar-refractivity contribution in [2.45, 2.75) is 56.7 Å². The van der Waals surface area contributed by atoms with E-state index in [-0.39, 0.29) is 0 Å². The zero-order valence-corrected chi connectivity index (χ0v) is 12.2. The first-order valence-corrected chi connectivity index (χ1v) is 7.58. The standard InChI is InChI=1S/C15H23BrO/c1-2-3-4-5-6-7-8-15(16)13-9-11-14(17)12-10-13/h9-12,15,17H,2-8H2,1H3. The summed E-state index contributed by atoms with van der Waals surface area (Å²) in [6, 6.07) is 7.49. The second-order valence-electron chi connectivity index (χ2n) is 4.62. The molecule has 1 nitrogen and oxygen atoms in total. The van der Waals surface area contributed by atoms with Crippen molar-refractivity contribution in [2.75, 3.05) is 0 Å². The maximum atomic E-state index is 9.22. The summed E-state index contributed by atoms with van der Waals surface area (Å²) in [5.74, 6) is 0.341. The molecule has 1 atom stereocenters. The molecule has 1 aromatic rings. The van der Waals surface area contributed by atoms with E-state index in [1.54, 1.807) is 12.1 Å². The van der Waals surface area contributed by atoms with Crippen molar-refractivity contribution in [1.29, 1.82) is 0 Å². The first-order chi connectivity index (χ1) is 8.24. The minimum Gasteiger partial charge on any atom is -0.508 e. The third-order valence-corrected chi connectivity index (χ3v) is 4.05. The topological polar surface area (TPSA) is 20.2 Å². The van der Waals surface area contributed by atoms with Crippen molar-refractivity contribution in [2.24, 2.45) is 0 Å². The highest BCUT2D eigenvalue weighted by atomic mass is 79.9. The Kier molecular flexibility index (Phi) is 7.34. The van der Waals surface area contributed by atoms with Gasteiger partial charge >= 0.3 is 0 Å². The van der Waals surface area contributed by atoms with E-state index in [2.05, 4.69) is 22.9 Å². The van der Waals surface area contributed by atoms with Gasteiger partial charge in [-0.25, -0.2) is 0 Å². The molecule has 0 aliphatic carbocycles. The summed E-state index contributed by atoms with van der Waals surface area (Å²) in [7, 11) is 0. The molecule has 0 aliphatic heterocycles. The predicted octanol–water partition coefficient (Wildman–Crippen LogP) is 5.58. The van der Waals surface area contributed by atoms with Crippen molar-refractivity contribution in [3.8, 4) is 5.75 Å². The van der Waals surface area contributed by atoms with Crippen LogP contribution in [-0.4, -0.2) is 5.11 Å². The number of aromatic hydroxyl groups is 1. The van der Waals surface area contributed by atoms with E-state index in [9.17, 15) is 5.11 Å². The van der Waals surface area contributed by atoms with Gasteiger partial charge in [-0.3, -0.25) is 0 Å². The molecule has 0 saturated heterocycles. The molecule has 0 amide bonds. The van der Waals surface area contributed by atoms with Crippen molar-refractivity contribution in [3.05, 3.63) is 29.8 Å². The van der Waals surface area contributed by atoms with Crippen LogP contribution in [0, 0.1) is 0 Å². The smallest absolute Gasteiger partial charge is 0.115 e. The Balaban J connectivity index is 2.16. The van der Waals surface area contributed by atoms with Crippen molar-refractivity contribution < 1.29 is 5.11 Å². The lowest BCUT2D eigenvalue weighted by Crippen LogP contribution is -1.90. The average Bonchev–Trinajstić information content (AvgIpc) is 2.34. The highest BCUT2D eigenvalue weighted by molar-refractivity contribution is 9.09. The van der Waals surface area contributed by atoms with Crippen LogP contribution in [0.3, 0.4) is 0 Å². The zero-order chi connectivity index (χ0) is 12.5. The summed E-state index contributed by atoms with van der Waals surface area (Å²) in [5.41, 5.74) is 1.26. The fourth-order valence-electron chi connectivity index (χ4n) is 1.95. The number of hydrogen-bond acceptors (Lipinski definition) is 1. The molecule has 0 spiro atoms. The number of phenolic OH excluding ortho intramolecular Hbond substituents is 1. The van der Waals surface area contributed by atoms with Crippen LogP contribution < -0.4 is 0 Å². The largest absolute Gasteiger partial charge is 0.508 e. The number of benzene rings is 1. The van der Waals surface area contributed by atoms with Gasteiger partial charge in [-0.2, -0.15) is 0 Å². The van der Waals surface area contributed by atoms with Gasteiger partial charge in [0.2, 0.25) is 0 Å². The minimum absolute atomic E-state index is 0.341. The van der Waals surface area contributed by atoms with Gasteiger partial charge in [0, 0.05) is 4.83 Å². The number of rotatable bonds is 8. The van der Waals surface area contributed by atoms with Gasteiger partial charge in [-0.05, 0) is 24.1 Å². The maximum absolute atomic E-state index is 9.22. The van der Waals surface area contributed by atoms with Crippen LogP contribution >= 0.6 is 15.9 Å². The number of unbranched alkanes of at least 4 members (excludes halogenated alkanes) is 5. The molecule has 0 aromatic heterocycles. The number of hydrogen-bond donors (Lipinski definition) is 1. The van der Waals surface area contributed by atoms with Crippen LogP contribution in [0.15, 0.2) is 24.3 Å². The van der Waals surface area contributed by atoms with Crippen LogP contribution in [0.1, 0.15) is 62.3 Å². The van der Waals surface area contributed by atoms with Gasteiger partial charge in [-0.15, -0.1) is 0 Å².